The maximum absolute atomic E-state index is 5.92. The number of piperidine rings is 1. The smallest absolute Gasteiger partial charge is 0.167 e. The molecule has 1 aliphatic heterocycles. The molecule has 0 aliphatic carbocycles. The second-order valence-electron chi connectivity index (χ2n) is 6.04. The fourth-order valence-corrected chi connectivity index (χ4v) is 3.09. The summed E-state index contributed by atoms with van der Waals surface area (Å²) in [5.74, 6) is 1.60. The molecule has 112 valence electrons. The van der Waals surface area contributed by atoms with Crippen LogP contribution in [0.25, 0.3) is 11.3 Å². The SMILES string of the molecule is CC1CCN(Cc2cc(-c3ccccc3)on2)C(CN)C1. The van der Waals surface area contributed by atoms with Crippen molar-refractivity contribution in [1.82, 2.24) is 10.1 Å². The normalized spacial score (nSPS) is 23.3. The predicted molar refractivity (Wildman–Crippen MR) is 83.6 cm³/mol. The molecule has 2 atom stereocenters. The van der Waals surface area contributed by atoms with Crippen LogP contribution < -0.4 is 5.73 Å². The molecule has 0 spiro atoms. The van der Waals surface area contributed by atoms with Gasteiger partial charge in [0.2, 0.25) is 0 Å². The second-order valence-corrected chi connectivity index (χ2v) is 6.04. The third kappa shape index (κ3) is 3.34. The van der Waals surface area contributed by atoms with Crippen molar-refractivity contribution >= 4 is 0 Å². The Labute approximate surface area is 125 Å². The van der Waals surface area contributed by atoms with Gasteiger partial charge in [0.1, 0.15) is 0 Å². The average molecular weight is 285 g/mol. The van der Waals surface area contributed by atoms with Crippen LogP contribution in [-0.2, 0) is 6.54 Å². The number of likely N-dealkylation sites (tertiary alicyclic amines) is 1. The van der Waals surface area contributed by atoms with E-state index in [9.17, 15) is 0 Å². The molecule has 4 nitrogen and oxygen atoms in total. The van der Waals surface area contributed by atoms with Gasteiger partial charge in [-0.15, -0.1) is 0 Å². The first-order valence-electron chi connectivity index (χ1n) is 7.71. The van der Waals surface area contributed by atoms with E-state index < -0.39 is 0 Å². The van der Waals surface area contributed by atoms with Crippen LogP contribution in [0, 0.1) is 5.92 Å². The minimum Gasteiger partial charge on any atom is -0.356 e. The maximum atomic E-state index is 5.92. The largest absolute Gasteiger partial charge is 0.356 e. The lowest BCUT2D eigenvalue weighted by Crippen LogP contribution is -2.45. The zero-order valence-corrected chi connectivity index (χ0v) is 12.5. The standard InChI is InChI=1S/C17H23N3O/c1-13-7-8-20(16(9-13)11-18)12-15-10-17(21-19-15)14-5-3-2-4-6-14/h2-6,10,13,16H,7-9,11-12,18H2,1H3. The number of rotatable bonds is 4. The molecule has 2 unspecified atom stereocenters. The highest BCUT2D eigenvalue weighted by molar-refractivity contribution is 5.56. The van der Waals surface area contributed by atoms with Gasteiger partial charge < -0.3 is 10.3 Å². The summed E-state index contributed by atoms with van der Waals surface area (Å²) in [7, 11) is 0. The first-order valence-corrected chi connectivity index (χ1v) is 7.71. The van der Waals surface area contributed by atoms with Gasteiger partial charge in [-0.25, -0.2) is 0 Å². The van der Waals surface area contributed by atoms with Crippen molar-refractivity contribution in [2.24, 2.45) is 11.7 Å². The number of nitrogens with zero attached hydrogens (tertiary/aromatic N) is 2. The zero-order chi connectivity index (χ0) is 14.7. The van der Waals surface area contributed by atoms with Crippen molar-refractivity contribution in [2.75, 3.05) is 13.1 Å². The summed E-state index contributed by atoms with van der Waals surface area (Å²) < 4.78 is 5.47. The highest BCUT2D eigenvalue weighted by Gasteiger charge is 2.26. The van der Waals surface area contributed by atoms with Crippen molar-refractivity contribution < 1.29 is 4.52 Å². The van der Waals surface area contributed by atoms with Gasteiger partial charge in [-0.1, -0.05) is 42.4 Å². The third-order valence-corrected chi connectivity index (χ3v) is 4.35. The van der Waals surface area contributed by atoms with Crippen LogP contribution in [0.2, 0.25) is 0 Å². The minimum absolute atomic E-state index is 0.464. The Morgan fingerprint density at radius 2 is 2.14 bits per heavy atom. The Morgan fingerprint density at radius 3 is 2.90 bits per heavy atom. The molecule has 2 heterocycles. The molecule has 1 aliphatic rings. The first kappa shape index (κ1) is 14.3. The van der Waals surface area contributed by atoms with Gasteiger partial charge in [0, 0.05) is 30.8 Å². The molecule has 1 aromatic heterocycles. The van der Waals surface area contributed by atoms with Crippen LogP contribution >= 0.6 is 0 Å². The molecule has 4 heteroatoms. The highest BCUT2D eigenvalue weighted by atomic mass is 16.5. The number of aromatic nitrogens is 1. The molecule has 2 N–H and O–H groups in total. The fourth-order valence-electron chi connectivity index (χ4n) is 3.09. The monoisotopic (exact) mass is 285 g/mol. The van der Waals surface area contributed by atoms with Gasteiger partial charge in [-0.2, -0.15) is 0 Å². The Morgan fingerprint density at radius 1 is 1.33 bits per heavy atom. The molecule has 0 radical (unpaired) electrons. The maximum Gasteiger partial charge on any atom is 0.167 e. The van der Waals surface area contributed by atoms with Gasteiger partial charge in [0.05, 0.1) is 5.69 Å². The molecule has 1 aromatic carbocycles. The van der Waals surface area contributed by atoms with Crippen LogP contribution in [0.15, 0.2) is 40.9 Å². The van der Waals surface area contributed by atoms with E-state index >= 15 is 0 Å². The number of hydrogen-bond donors (Lipinski definition) is 1. The molecule has 21 heavy (non-hydrogen) atoms. The molecular formula is C17H23N3O. The molecule has 0 saturated carbocycles. The predicted octanol–water partition coefficient (Wildman–Crippen LogP) is 2.90. The summed E-state index contributed by atoms with van der Waals surface area (Å²) >= 11 is 0. The number of benzene rings is 1. The summed E-state index contributed by atoms with van der Waals surface area (Å²) in [5.41, 5.74) is 7.98. The molecule has 0 amide bonds. The van der Waals surface area contributed by atoms with Crippen LogP contribution in [0.3, 0.4) is 0 Å². The lowest BCUT2D eigenvalue weighted by molar-refractivity contribution is 0.112. The Balaban J connectivity index is 1.69. The van der Waals surface area contributed by atoms with E-state index in [4.69, 9.17) is 10.3 Å². The quantitative estimate of drug-likeness (QED) is 0.938. The molecule has 1 saturated heterocycles. The van der Waals surface area contributed by atoms with Gasteiger partial charge in [-0.3, -0.25) is 4.90 Å². The zero-order valence-electron chi connectivity index (χ0n) is 12.5. The molecular weight excluding hydrogens is 262 g/mol. The van der Waals surface area contributed by atoms with E-state index in [1.165, 1.54) is 12.8 Å². The van der Waals surface area contributed by atoms with Crippen molar-refractivity contribution in [3.63, 3.8) is 0 Å². The van der Waals surface area contributed by atoms with Gasteiger partial charge in [0.25, 0.3) is 0 Å². The van der Waals surface area contributed by atoms with E-state index in [2.05, 4.69) is 17.0 Å². The summed E-state index contributed by atoms with van der Waals surface area (Å²) in [4.78, 5) is 2.44. The van der Waals surface area contributed by atoms with E-state index in [0.717, 1.165) is 36.0 Å². The number of hydrogen-bond acceptors (Lipinski definition) is 4. The molecule has 1 fully saturated rings. The van der Waals surface area contributed by atoms with Crippen LogP contribution in [-0.4, -0.2) is 29.2 Å². The van der Waals surface area contributed by atoms with Crippen molar-refractivity contribution in [2.45, 2.75) is 32.4 Å². The number of nitrogens with two attached hydrogens (primary N) is 1. The van der Waals surface area contributed by atoms with E-state index in [0.29, 0.717) is 12.6 Å². The van der Waals surface area contributed by atoms with E-state index in [1.807, 2.05) is 36.4 Å². The first-order chi connectivity index (χ1) is 10.3. The molecule has 3 rings (SSSR count). The summed E-state index contributed by atoms with van der Waals surface area (Å²) in [6.45, 7) is 4.94. The molecule has 2 aromatic rings. The summed E-state index contributed by atoms with van der Waals surface area (Å²) in [5, 5.41) is 4.22. The highest BCUT2D eigenvalue weighted by Crippen LogP contribution is 2.25. The van der Waals surface area contributed by atoms with E-state index in [-0.39, 0.29) is 0 Å². The van der Waals surface area contributed by atoms with Crippen LogP contribution in [0.5, 0.6) is 0 Å². The van der Waals surface area contributed by atoms with Crippen molar-refractivity contribution in [1.29, 1.82) is 0 Å². The van der Waals surface area contributed by atoms with Crippen LogP contribution in [0.4, 0.5) is 0 Å². The third-order valence-electron chi connectivity index (χ3n) is 4.35. The van der Waals surface area contributed by atoms with Gasteiger partial charge in [-0.05, 0) is 25.3 Å². The van der Waals surface area contributed by atoms with Crippen LogP contribution in [0.1, 0.15) is 25.5 Å². The topological polar surface area (TPSA) is 55.3 Å². The Kier molecular flexibility index (Phi) is 4.36. The Bertz CT molecular complexity index is 566. The lowest BCUT2D eigenvalue weighted by Gasteiger charge is -2.37. The summed E-state index contributed by atoms with van der Waals surface area (Å²) in [6.07, 6.45) is 2.42. The minimum atomic E-state index is 0.464. The van der Waals surface area contributed by atoms with Gasteiger partial charge in [0.15, 0.2) is 5.76 Å². The van der Waals surface area contributed by atoms with E-state index in [1.54, 1.807) is 0 Å². The Hall–Kier alpha value is -1.65. The van der Waals surface area contributed by atoms with Gasteiger partial charge >= 0.3 is 0 Å². The summed E-state index contributed by atoms with van der Waals surface area (Å²) in [6, 6.07) is 12.6. The van der Waals surface area contributed by atoms with Crippen molar-refractivity contribution in [3.05, 3.63) is 42.1 Å². The second kappa shape index (κ2) is 6.41. The average Bonchev–Trinajstić information content (AvgIpc) is 2.98. The lowest BCUT2D eigenvalue weighted by atomic mass is 9.92. The van der Waals surface area contributed by atoms with Crippen molar-refractivity contribution in [3.8, 4) is 11.3 Å². The molecule has 0 bridgehead atoms. The fraction of sp³-hybridized carbons (Fsp3) is 0.471.